The fourth-order valence-electron chi connectivity index (χ4n) is 6.46. The van der Waals surface area contributed by atoms with Crippen LogP contribution < -0.4 is 0 Å². The summed E-state index contributed by atoms with van der Waals surface area (Å²) in [6, 6.07) is 24.9. The van der Waals surface area contributed by atoms with Crippen molar-refractivity contribution in [1.82, 2.24) is 0 Å². The summed E-state index contributed by atoms with van der Waals surface area (Å²) < 4.78 is 6.24. The van der Waals surface area contributed by atoms with E-state index in [2.05, 4.69) is 0 Å². The van der Waals surface area contributed by atoms with Crippen LogP contribution in [-0.4, -0.2) is 40.9 Å². The predicted octanol–water partition coefficient (Wildman–Crippen LogP) is 8.02. The zero-order chi connectivity index (χ0) is 31.3. The second-order valence-corrected chi connectivity index (χ2v) is 10.9. The highest BCUT2D eigenvalue weighted by atomic mass is 16.4. The summed E-state index contributed by atoms with van der Waals surface area (Å²) in [4.78, 5) is 0. The summed E-state index contributed by atoms with van der Waals surface area (Å²) in [6.45, 7) is 0. The van der Waals surface area contributed by atoms with E-state index in [0.29, 0.717) is 27.7 Å². The van der Waals surface area contributed by atoms with Gasteiger partial charge in [-0.2, -0.15) is 0 Å². The SMILES string of the molecule is Oc1c(O)c(O)c2c(-c3ccc4oc5c6ccccc6ccc5c4c3)c3c(O)c(O)c(O)c(O)c3c(-c3ccccc3)c2c1O. The van der Waals surface area contributed by atoms with Gasteiger partial charge in [-0.3, -0.25) is 0 Å². The van der Waals surface area contributed by atoms with Crippen LogP contribution in [0.4, 0.5) is 0 Å². The Hall–Kier alpha value is -6.48. The van der Waals surface area contributed by atoms with Gasteiger partial charge in [0.05, 0.1) is 0 Å². The molecule has 9 heteroatoms. The van der Waals surface area contributed by atoms with Crippen molar-refractivity contribution in [2.45, 2.75) is 0 Å². The van der Waals surface area contributed by atoms with E-state index in [9.17, 15) is 40.9 Å². The number of fused-ring (bicyclic) bond motifs is 7. The van der Waals surface area contributed by atoms with Gasteiger partial charge in [-0.05, 0) is 34.7 Å². The van der Waals surface area contributed by atoms with E-state index in [1.807, 2.05) is 36.4 Å². The molecular formula is C36H22O9. The number of aromatic hydroxyl groups is 8. The molecule has 0 atom stereocenters. The first-order valence-corrected chi connectivity index (χ1v) is 13.8. The Morgan fingerprint density at radius 1 is 0.378 bits per heavy atom. The topological polar surface area (TPSA) is 175 Å². The minimum Gasteiger partial charge on any atom is -0.504 e. The van der Waals surface area contributed by atoms with Crippen molar-refractivity contribution in [3.63, 3.8) is 0 Å². The van der Waals surface area contributed by atoms with E-state index < -0.39 is 46.0 Å². The maximum absolute atomic E-state index is 11.4. The van der Waals surface area contributed by atoms with Gasteiger partial charge in [-0.1, -0.05) is 66.7 Å². The van der Waals surface area contributed by atoms with Gasteiger partial charge in [0.1, 0.15) is 11.2 Å². The standard InChI is InChI=1S/C36H22O9/c37-28-24-22(16-7-2-1-3-8-16)25-27(31(40)35(44)33(42)29(25)38)23(26(24)30(39)34(43)32(28)41)17-11-13-21-20(14-17)19-12-10-15-6-4-5-9-18(15)36(19)45-21/h1-14,37-44H. The summed E-state index contributed by atoms with van der Waals surface area (Å²) in [5.41, 5.74) is 1.80. The molecule has 8 rings (SSSR count). The smallest absolute Gasteiger partial charge is 0.204 e. The zero-order valence-corrected chi connectivity index (χ0v) is 23.1. The van der Waals surface area contributed by atoms with Crippen molar-refractivity contribution >= 4 is 54.3 Å². The molecule has 220 valence electrons. The molecule has 9 nitrogen and oxygen atoms in total. The first kappa shape index (κ1) is 26.2. The molecule has 0 radical (unpaired) electrons. The second-order valence-electron chi connectivity index (χ2n) is 10.9. The fourth-order valence-corrected chi connectivity index (χ4v) is 6.46. The Morgan fingerprint density at radius 2 is 0.889 bits per heavy atom. The molecule has 8 aromatic rings. The van der Waals surface area contributed by atoms with Crippen molar-refractivity contribution in [2.75, 3.05) is 0 Å². The van der Waals surface area contributed by atoms with Crippen molar-refractivity contribution in [3.8, 4) is 68.2 Å². The van der Waals surface area contributed by atoms with Crippen LogP contribution in [0.2, 0.25) is 0 Å². The van der Waals surface area contributed by atoms with Crippen molar-refractivity contribution in [1.29, 1.82) is 0 Å². The van der Waals surface area contributed by atoms with Gasteiger partial charge in [0.25, 0.3) is 0 Å². The predicted molar refractivity (Wildman–Crippen MR) is 170 cm³/mol. The van der Waals surface area contributed by atoms with Crippen LogP contribution >= 0.6 is 0 Å². The average molecular weight is 599 g/mol. The summed E-state index contributed by atoms with van der Waals surface area (Å²) in [6.07, 6.45) is 0. The van der Waals surface area contributed by atoms with Crippen LogP contribution in [0.15, 0.2) is 89.3 Å². The van der Waals surface area contributed by atoms with Crippen LogP contribution in [0.3, 0.4) is 0 Å². The molecule has 0 unspecified atom stereocenters. The van der Waals surface area contributed by atoms with E-state index in [1.165, 1.54) is 0 Å². The highest BCUT2D eigenvalue weighted by molar-refractivity contribution is 6.29. The third-order valence-electron chi connectivity index (χ3n) is 8.51. The van der Waals surface area contributed by atoms with E-state index >= 15 is 0 Å². The first-order valence-electron chi connectivity index (χ1n) is 13.8. The van der Waals surface area contributed by atoms with E-state index in [1.54, 1.807) is 48.5 Å². The van der Waals surface area contributed by atoms with E-state index in [0.717, 1.165) is 16.2 Å². The van der Waals surface area contributed by atoms with Crippen molar-refractivity contribution in [3.05, 3.63) is 84.9 Å². The highest BCUT2D eigenvalue weighted by Crippen LogP contribution is 2.61. The number of phenolic OH excluding ortho intramolecular Hbond substituents is 8. The molecule has 0 fully saturated rings. The van der Waals surface area contributed by atoms with Gasteiger partial charge in [-0.15, -0.1) is 0 Å². The van der Waals surface area contributed by atoms with Gasteiger partial charge in [0.2, 0.25) is 23.0 Å². The summed E-state index contributed by atoms with van der Waals surface area (Å²) in [5.74, 6) is -7.38. The molecule has 8 N–H and O–H groups in total. The molecule has 1 heterocycles. The lowest BCUT2D eigenvalue weighted by atomic mass is 9.83. The lowest BCUT2D eigenvalue weighted by Gasteiger charge is -2.22. The number of hydrogen-bond donors (Lipinski definition) is 8. The first-order chi connectivity index (χ1) is 21.7. The van der Waals surface area contributed by atoms with Gasteiger partial charge < -0.3 is 45.3 Å². The Morgan fingerprint density at radius 3 is 1.47 bits per heavy atom. The maximum atomic E-state index is 11.4. The fraction of sp³-hybridized carbons (Fsp3) is 0. The highest BCUT2D eigenvalue weighted by Gasteiger charge is 2.32. The molecule has 0 aliphatic carbocycles. The Balaban J connectivity index is 1.63. The van der Waals surface area contributed by atoms with Crippen LogP contribution in [0.1, 0.15) is 0 Å². The third-order valence-corrected chi connectivity index (χ3v) is 8.51. The van der Waals surface area contributed by atoms with Crippen molar-refractivity contribution in [2.24, 2.45) is 0 Å². The molecule has 0 bridgehead atoms. The minimum absolute atomic E-state index is 0.00291. The summed E-state index contributed by atoms with van der Waals surface area (Å²) >= 11 is 0. The van der Waals surface area contributed by atoms with Gasteiger partial charge in [0, 0.05) is 48.8 Å². The molecule has 0 aliphatic heterocycles. The van der Waals surface area contributed by atoms with Crippen LogP contribution in [0.5, 0.6) is 46.0 Å². The maximum Gasteiger partial charge on any atom is 0.204 e. The molecule has 0 amide bonds. The molecule has 0 saturated heterocycles. The van der Waals surface area contributed by atoms with E-state index in [-0.39, 0.29) is 32.7 Å². The van der Waals surface area contributed by atoms with Gasteiger partial charge in [-0.25, -0.2) is 0 Å². The number of phenols is 8. The van der Waals surface area contributed by atoms with Crippen molar-refractivity contribution < 1.29 is 45.3 Å². The Bertz CT molecular complexity index is 2490. The molecule has 0 spiro atoms. The molecule has 1 aromatic heterocycles. The lowest BCUT2D eigenvalue weighted by molar-refractivity contribution is 0.350. The minimum atomic E-state index is -1.02. The van der Waals surface area contributed by atoms with Crippen LogP contribution in [0.25, 0.3) is 76.5 Å². The average Bonchev–Trinajstić information content (AvgIpc) is 3.45. The molecular weight excluding hydrogens is 576 g/mol. The Kier molecular flexibility index (Phi) is 5.24. The molecule has 0 aliphatic rings. The third kappa shape index (κ3) is 3.37. The van der Waals surface area contributed by atoms with Crippen LogP contribution in [-0.2, 0) is 0 Å². The second kappa shape index (κ2) is 9.01. The molecule has 45 heavy (non-hydrogen) atoms. The summed E-state index contributed by atoms with van der Waals surface area (Å²) in [5, 5.41) is 90.6. The zero-order valence-electron chi connectivity index (χ0n) is 23.1. The largest absolute Gasteiger partial charge is 0.504 e. The number of furan rings is 1. The number of benzene rings is 7. The molecule has 7 aromatic carbocycles. The normalized spacial score (nSPS) is 11.8. The number of hydrogen-bond acceptors (Lipinski definition) is 9. The monoisotopic (exact) mass is 598 g/mol. The Labute approximate surface area is 252 Å². The molecule has 0 saturated carbocycles. The van der Waals surface area contributed by atoms with Gasteiger partial charge >= 0.3 is 0 Å². The van der Waals surface area contributed by atoms with E-state index in [4.69, 9.17) is 4.42 Å². The lowest BCUT2D eigenvalue weighted by Crippen LogP contribution is -1.94. The quantitative estimate of drug-likeness (QED) is 0.0556. The number of rotatable bonds is 2. The van der Waals surface area contributed by atoms with Crippen LogP contribution in [0, 0.1) is 0 Å². The summed E-state index contributed by atoms with van der Waals surface area (Å²) in [7, 11) is 0. The van der Waals surface area contributed by atoms with Gasteiger partial charge in [0.15, 0.2) is 23.0 Å².